The molecule has 1 N–H and O–H groups in total. The van der Waals surface area contributed by atoms with E-state index in [1.54, 1.807) is 0 Å². The molecule has 10 nitrogen and oxygen atoms in total. The summed E-state index contributed by atoms with van der Waals surface area (Å²) in [7, 11) is 5.16. The van der Waals surface area contributed by atoms with E-state index in [4.69, 9.17) is 19.3 Å². The number of nitrogens with zero attached hydrogens (tertiary/aromatic N) is 2. The van der Waals surface area contributed by atoms with E-state index in [0.717, 1.165) is 4.90 Å². The van der Waals surface area contributed by atoms with Crippen molar-refractivity contribution in [2.75, 3.05) is 34.9 Å². The fraction of sp³-hybridized carbons (Fsp3) is 0.467. The van der Waals surface area contributed by atoms with E-state index in [1.807, 2.05) is 0 Å². The minimum atomic E-state index is -1.08. The molecule has 0 heterocycles. The second-order valence-electron chi connectivity index (χ2n) is 5.22. The van der Waals surface area contributed by atoms with Crippen molar-refractivity contribution >= 4 is 17.6 Å². The highest BCUT2D eigenvalue weighted by atomic mass is 16.6. The molecule has 138 valence electrons. The third-order valence-corrected chi connectivity index (χ3v) is 3.53. The van der Waals surface area contributed by atoms with Gasteiger partial charge in [0.25, 0.3) is 5.91 Å². The predicted octanol–water partition coefficient (Wildman–Crippen LogP) is 1.41. The highest BCUT2D eigenvalue weighted by molar-refractivity contribution is 6.00. The molecule has 0 aliphatic rings. The van der Waals surface area contributed by atoms with Crippen LogP contribution in [0, 0.1) is 16.0 Å². The second-order valence-corrected chi connectivity index (χ2v) is 5.22. The maximum Gasteiger partial charge on any atom is 0.327 e. The Labute approximate surface area is 144 Å². The Balaban J connectivity index is 3.49. The maximum atomic E-state index is 12.6. The minimum Gasteiger partial charge on any atom is -0.493 e. The quantitative estimate of drug-likeness (QED) is 0.547. The molecule has 0 unspecified atom stereocenters. The molecule has 1 aromatic carbocycles. The number of carboxylic acid groups (broad SMARTS) is 1. The van der Waals surface area contributed by atoms with Crippen LogP contribution in [0.3, 0.4) is 0 Å². The Morgan fingerprint density at radius 2 is 1.80 bits per heavy atom. The fourth-order valence-corrected chi connectivity index (χ4v) is 2.26. The van der Waals surface area contributed by atoms with E-state index < -0.39 is 28.4 Å². The summed E-state index contributed by atoms with van der Waals surface area (Å²) in [5.41, 5.74) is -0.875. The molecule has 0 fully saturated rings. The van der Waals surface area contributed by atoms with Crippen LogP contribution in [-0.2, 0) is 4.79 Å². The normalized spacial score (nSPS) is 11.4. The van der Waals surface area contributed by atoms with Crippen LogP contribution >= 0.6 is 0 Å². The third-order valence-electron chi connectivity index (χ3n) is 3.53. The van der Waals surface area contributed by atoms with Gasteiger partial charge >= 0.3 is 11.7 Å². The summed E-state index contributed by atoms with van der Waals surface area (Å²) in [6.07, 6.45) is 0. The van der Waals surface area contributed by atoms with Gasteiger partial charge in [0.1, 0.15) is 5.56 Å². The van der Waals surface area contributed by atoms with Gasteiger partial charge in [-0.2, -0.15) is 0 Å². The molecule has 0 bridgehead atoms. The van der Waals surface area contributed by atoms with Crippen molar-refractivity contribution in [3.63, 3.8) is 0 Å². The number of amides is 1. The fourth-order valence-electron chi connectivity index (χ4n) is 2.26. The number of carboxylic acids is 1. The van der Waals surface area contributed by atoms with Crippen molar-refractivity contribution in [1.29, 1.82) is 0 Å². The van der Waals surface area contributed by atoms with Crippen LogP contribution in [0.1, 0.15) is 17.3 Å². The van der Waals surface area contributed by atoms with E-state index in [1.165, 1.54) is 41.4 Å². The lowest BCUT2D eigenvalue weighted by molar-refractivity contribution is -0.386. The van der Waals surface area contributed by atoms with Gasteiger partial charge in [-0.3, -0.25) is 19.7 Å². The summed E-state index contributed by atoms with van der Waals surface area (Å²) < 4.78 is 15.2. The van der Waals surface area contributed by atoms with Gasteiger partial charge in [-0.25, -0.2) is 0 Å². The molecule has 0 spiro atoms. The van der Waals surface area contributed by atoms with Crippen LogP contribution in [-0.4, -0.2) is 61.7 Å². The standard InChI is InChI=1S/C15H20N2O8/c1-8(15(19)20)7-16(2)14(18)9-6-10(23-3)12(24-4)13(25-5)11(9)17(21)22/h6,8H,7H2,1-5H3,(H,19,20)/t8-/m0/s1. The van der Waals surface area contributed by atoms with E-state index >= 15 is 0 Å². The number of aliphatic carboxylic acids is 1. The maximum absolute atomic E-state index is 12.6. The molecule has 0 saturated carbocycles. The number of carbonyl (C=O) groups excluding carboxylic acids is 1. The van der Waals surface area contributed by atoms with Crippen LogP contribution < -0.4 is 14.2 Å². The molecule has 1 amide bonds. The van der Waals surface area contributed by atoms with Gasteiger partial charge in [-0.05, 0) is 0 Å². The second kappa shape index (κ2) is 8.18. The summed E-state index contributed by atoms with van der Waals surface area (Å²) in [5.74, 6) is -2.86. The first-order valence-corrected chi connectivity index (χ1v) is 7.15. The number of hydrogen-bond acceptors (Lipinski definition) is 7. The Morgan fingerprint density at radius 1 is 1.24 bits per heavy atom. The van der Waals surface area contributed by atoms with E-state index in [2.05, 4.69) is 0 Å². The summed E-state index contributed by atoms with van der Waals surface area (Å²) in [6.45, 7) is 1.30. The first-order chi connectivity index (χ1) is 11.7. The Bertz CT molecular complexity index is 689. The number of hydrogen-bond donors (Lipinski definition) is 1. The highest BCUT2D eigenvalue weighted by Crippen LogP contribution is 2.46. The molecular weight excluding hydrogens is 336 g/mol. The van der Waals surface area contributed by atoms with Crippen molar-refractivity contribution < 1.29 is 33.8 Å². The predicted molar refractivity (Wildman–Crippen MR) is 86.5 cm³/mol. The topological polar surface area (TPSA) is 128 Å². The monoisotopic (exact) mass is 356 g/mol. The summed E-state index contributed by atoms with van der Waals surface area (Å²) in [6, 6.07) is 1.17. The van der Waals surface area contributed by atoms with Gasteiger partial charge in [-0.15, -0.1) is 0 Å². The van der Waals surface area contributed by atoms with Crippen molar-refractivity contribution in [2.45, 2.75) is 6.92 Å². The molecule has 0 aliphatic carbocycles. The molecule has 0 radical (unpaired) electrons. The molecule has 10 heteroatoms. The number of carbonyl (C=O) groups is 2. The van der Waals surface area contributed by atoms with Gasteiger partial charge < -0.3 is 24.2 Å². The Morgan fingerprint density at radius 3 is 2.20 bits per heavy atom. The molecule has 1 rings (SSSR count). The van der Waals surface area contributed by atoms with Gasteiger partial charge in [0.05, 0.1) is 32.2 Å². The number of benzene rings is 1. The number of nitro benzene ring substituents is 1. The molecule has 0 aliphatic heterocycles. The molecule has 1 atom stereocenters. The SMILES string of the molecule is COc1cc(C(=O)N(C)C[C@H](C)C(=O)O)c([N+](=O)[O-])c(OC)c1OC. The zero-order valence-electron chi connectivity index (χ0n) is 14.6. The van der Waals surface area contributed by atoms with Gasteiger partial charge in [0, 0.05) is 19.7 Å². The lowest BCUT2D eigenvalue weighted by atomic mass is 10.1. The largest absolute Gasteiger partial charge is 0.493 e. The van der Waals surface area contributed by atoms with Gasteiger partial charge in [0.2, 0.25) is 11.5 Å². The zero-order chi connectivity index (χ0) is 19.3. The van der Waals surface area contributed by atoms with Crippen LogP contribution in [0.15, 0.2) is 6.07 Å². The summed E-state index contributed by atoms with van der Waals surface area (Å²) >= 11 is 0. The van der Waals surface area contributed by atoms with Crippen molar-refractivity contribution in [3.05, 3.63) is 21.7 Å². The lowest BCUT2D eigenvalue weighted by Gasteiger charge is -2.21. The zero-order valence-corrected chi connectivity index (χ0v) is 14.6. The average molecular weight is 356 g/mol. The number of methoxy groups -OCH3 is 3. The third kappa shape index (κ3) is 4.08. The van der Waals surface area contributed by atoms with Crippen LogP contribution in [0.4, 0.5) is 5.69 Å². The van der Waals surface area contributed by atoms with Crippen molar-refractivity contribution in [1.82, 2.24) is 4.90 Å². The van der Waals surface area contributed by atoms with E-state index in [9.17, 15) is 19.7 Å². The number of ether oxygens (including phenoxy) is 3. The number of nitro groups is 1. The van der Waals surface area contributed by atoms with Crippen LogP contribution in [0.25, 0.3) is 0 Å². The molecule has 1 aromatic rings. The van der Waals surface area contributed by atoms with Crippen LogP contribution in [0.2, 0.25) is 0 Å². The number of rotatable bonds is 8. The molecule has 0 aromatic heterocycles. The molecule has 0 saturated heterocycles. The summed E-state index contributed by atoms with van der Waals surface area (Å²) in [4.78, 5) is 35.4. The Kier molecular flexibility index (Phi) is 6.54. The highest BCUT2D eigenvalue weighted by Gasteiger charge is 2.34. The van der Waals surface area contributed by atoms with Crippen molar-refractivity contribution in [3.8, 4) is 17.2 Å². The first kappa shape index (κ1) is 20.0. The lowest BCUT2D eigenvalue weighted by Crippen LogP contribution is -2.34. The molecular formula is C15H20N2O8. The van der Waals surface area contributed by atoms with E-state index in [0.29, 0.717) is 0 Å². The van der Waals surface area contributed by atoms with E-state index in [-0.39, 0.29) is 29.4 Å². The summed E-state index contributed by atoms with van der Waals surface area (Å²) in [5, 5.41) is 20.4. The van der Waals surface area contributed by atoms with Crippen molar-refractivity contribution in [2.24, 2.45) is 5.92 Å². The minimum absolute atomic E-state index is 0.0187. The van der Waals surface area contributed by atoms with Gasteiger partial charge in [0.15, 0.2) is 5.75 Å². The van der Waals surface area contributed by atoms with Crippen LogP contribution in [0.5, 0.6) is 17.2 Å². The average Bonchev–Trinajstić information content (AvgIpc) is 2.58. The first-order valence-electron chi connectivity index (χ1n) is 7.15. The van der Waals surface area contributed by atoms with Gasteiger partial charge in [-0.1, -0.05) is 6.92 Å². The smallest absolute Gasteiger partial charge is 0.327 e. The molecule has 25 heavy (non-hydrogen) atoms. The Hall–Kier alpha value is -3.04.